The van der Waals surface area contributed by atoms with Gasteiger partial charge in [0.15, 0.2) is 0 Å². The normalized spacial score (nSPS) is 11.4. The molecule has 6 aromatic carbocycles. The molecule has 0 spiro atoms. The number of esters is 2. The van der Waals surface area contributed by atoms with Crippen LogP contribution in [0.1, 0.15) is 67.8 Å². The molecule has 6 aromatic rings. The highest BCUT2D eigenvalue weighted by molar-refractivity contribution is 5.96. The van der Waals surface area contributed by atoms with Gasteiger partial charge in [-0.1, -0.05) is 75.4 Å². The van der Waals surface area contributed by atoms with Crippen LogP contribution in [-0.4, -0.2) is 17.5 Å². The number of carbonyl (C=O) groups excluding carboxylic acids is 2. The largest absolute Gasteiger partial charge is 0.456 e. The summed E-state index contributed by atoms with van der Waals surface area (Å²) in [7, 11) is 0. The molecule has 6 rings (SSSR count). The maximum Gasteiger partial charge on any atom is 0.343 e. The molecule has 6 nitrogen and oxygen atoms in total. The number of rotatable bonds is 9. The van der Waals surface area contributed by atoms with Crippen LogP contribution < -0.4 is 14.5 Å². The van der Waals surface area contributed by atoms with Gasteiger partial charge < -0.3 is 19.3 Å². The van der Waals surface area contributed by atoms with Crippen molar-refractivity contribution in [2.75, 3.05) is 9.80 Å². The minimum atomic E-state index is -0.646. The number of hydrogen-bond donors (Lipinski definition) is 0. The number of carbonyl (C=O) groups is 2. The lowest BCUT2D eigenvalue weighted by Gasteiger charge is -2.29. The highest BCUT2D eigenvalue weighted by atomic mass is 16.6. The maximum atomic E-state index is 13.1. The predicted molar refractivity (Wildman–Crippen MR) is 211 cm³/mol. The molecule has 52 heavy (non-hydrogen) atoms. The van der Waals surface area contributed by atoms with Crippen LogP contribution >= 0.6 is 0 Å². The first-order valence-corrected chi connectivity index (χ1v) is 17.4. The van der Waals surface area contributed by atoms with Gasteiger partial charge in [-0.15, -0.1) is 0 Å². The fraction of sp³-hybridized carbons (Fsp3) is 0.174. The number of hydrogen-bond acceptors (Lipinski definition) is 6. The van der Waals surface area contributed by atoms with E-state index < -0.39 is 17.5 Å². The standard InChI is InChI=1S/C46H44N2O4/c1-45(2,3)35-20-22-38(23-21-35)47(36-16-9-7-10-17-36)39-24-26-40(27-25-39)48(37-18-11-8-12-19-37)41-28-30-42(31-29-41)51-43(49)33-14-13-15-34(32-33)44(50)52-46(4,5)6/h7-32H,1-6H3. The van der Waals surface area contributed by atoms with Gasteiger partial charge in [-0.3, -0.25) is 0 Å². The van der Waals surface area contributed by atoms with E-state index in [0.29, 0.717) is 5.75 Å². The Kier molecular flexibility index (Phi) is 10.3. The third kappa shape index (κ3) is 8.59. The average Bonchev–Trinajstić information content (AvgIpc) is 3.13. The van der Waals surface area contributed by atoms with E-state index in [1.807, 2.05) is 36.4 Å². The molecule has 0 aliphatic carbocycles. The van der Waals surface area contributed by atoms with Crippen LogP contribution in [0.4, 0.5) is 34.1 Å². The number of nitrogens with zero attached hydrogens (tertiary/aromatic N) is 2. The van der Waals surface area contributed by atoms with Crippen LogP contribution in [-0.2, 0) is 10.2 Å². The summed E-state index contributed by atoms with van der Waals surface area (Å²) in [5.74, 6) is -0.677. The molecule has 0 bridgehead atoms. The van der Waals surface area contributed by atoms with E-state index in [0.717, 1.165) is 34.1 Å². The molecule has 0 unspecified atom stereocenters. The highest BCUT2D eigenvalue weighted by Gasteiger charge is 2.21. The molecule has 0 saturated carbocycles. The van der Waals surface area contributed by atoms with Crippen LogP contribution in [0.3, 0.4) is 0 Å². The predicted octanol–water partition coefficient (Wildman–Crippen LogP) is 12.1. The van der Waals surface area contributed by atoms with E-state index in [4.69, 9.17) is 9.47 Å². The van der Waals surface area contributed by atoms with E-state index in [9.17, 15) is 9.59 Å². The summed E-state index contributed by atoms with van der Waals surface area (Å²) in [5, 5.41) is 0. The Balaban J connectivity index is 1.26. The summed E-state index contributed by atoms with van der Waals surface area (Å²) < 4.78 is 11.2. The second kappa shape index (κ2) is 15.0. The molecule has 0 radical (unpaired) electrons. The zero-order chi connectivity index (χ0) is 36.9. The first-order chi connectivity index (χ1) is 24.9. The third-order valence-electron chi connectivity index (χ3n) is 8.42. The SMILES string of the molecule is CC(C)(C)OC(=O)c1cccc(C(=O)Oc2ccc(N(c3ccccc3)c3ccc(N(c4ccccc4)c4ccc(C(C)(C)C)cc4)cc3)cc2)c1. The van der Waals surface area contributed by atoms with Gasteiger partial charge in [0.05, 0.1) is 11.1 Å². The minimum Gasteiger partial charge on any atom is -0.456 e. The Labute approximate surface area is 306 Å². The zero-order valence-corrected chi connectivity index (χ0v) is 30.5. The van der Waals surface area contributed by atoms with Gasteiger partial charge in [-0.25, -0.2) is 9.59 Å². The summed E-state index contributed by atoms with van der Waals surface area (Å²) in [6.07, 6.45) is 0. The van der Waals surface area contributed by atoms with Gasteiger partial charge in [-0.2, -0.15) is 0 Å². The van der Waals surface area contributed by atoms with E-state index in [-0.39, 0.29) is 16.5 Å². The van der Waals surface area contributed by atoms with Crippen LogP contribution in [0.2, 0.25) is 0 Å². The smallest absolute Gasteiger partial charge is 0.343 e. The maximum absolute atomic E-state index is 13.1. The van der Waals surface area contributed by atoms with Crippen LogP contribution in [0.5, 0.6) is 5.75 Å². The monoisotopic (exact) mass is 688 g/mol. The summed E-state index contributed by atoms with van der Waals surface area (Å²) in [4.78, 5) is 30.1. The van der Waals surface area contributed by atoms with E-state index >= 15 is 0 Å². The molecule has 0 N–H and O–H groups in total. The third-order valence-corrected chi connectivity index (χ3v) is 8.42. The van der Waals surface area contributed by atoms with Crippen LogP contribution in [0.15, 0.2) is 158 Å². The number of ether oxygens (including phenoxy) is 2. The molecule has 0 aliphatic rings. The second-order valence-corrected chi connectivity index (χ2v) is 14.6. The molecule has 0 atom stereocenters. The topological polar surface area (TPSA) is 59.1 Å². The van der Waals surface area contributed by atoms with E-state index in [2.05, 4.69) is 116 Å². The van der Waals surface area contributed by atoms with E-state index in [1.165, 1.54) is 11.6 Å². The molecule has 0 heterocycles. The van der Waals surface area contributed by atoms with Crippen molar-refractivity contribution in [1.29, 1.82) is 0 Å². The fourth-order valence-electron chi connectivity index (χ4n) is 5.85. The summed E-state index contributed by atoms with van der Waals surface area (Å²) in [6.45, 7) is 12.1. The number of anilines is 6. The molecule has 6 heteroatoms. The molecular formula is C46H44N2O4. The summed E-state index contributed by atoms with van der Waals surface area (Å²) >= 11 is 0. The Bertz CT molecular complexity index is 2110. The first kappa shape index (κ1) is 35.7. The van der Waals surface area contributed by atoms with Crippen molar-refractivity contribution in [2.24, 2.45) is 0 Å². The molecule has 0 amide bonds. The molecule has 0 saturated heterocycles. The van der Waals surface area contributed by atoms with Gasteiger partial charge >= 0.3 is 11.9 Å². The fourth-order valence-corrected chi connectivity index (χ4v) is 5.85. The number of para-hydroxylation sites is 2. The lowest BCUT2D eigenvalue weighted by Crippen LogP contribution is -2.24. The van der Waals surface area contributed by atoms with Crippen LogP contribution in [0.25, 0.3) is 0 Å². The van der Waals surface area contributed by atoms with Gasteiger partial charge in [0.1, 0.15) is 11.4 Å². The Hall–Kier alpha value is -6.14. The average molecular weight is 689 g/mol. The van der Waals surface area contributed by atoms with Crippen LogP contribution in [0, 0.1) is 0 Å². The Morgan fingerprint density at radius 3 is 1.25 bits per heavy atom. The second-order valence-electron chi connectivity index (χ2n) is 14.6. The van der Waals surface area contributed by atoms with Crippen molar-refractivity contribution in [3.63, 3.8) is 0 Å². The van der Waals surface area contributed by atoms with Crippen molar-refractivity contribution in [2.45, 2.75) is 52.6 Å². The molecular weight excluding hydrogens is 645 g/mol. The lowest BCUT2D eigenvalue weighted by atomic mass is 9.87. The highest BCUT2D eigenvalue weighted by Crippen LogP contribution is 2.40. The minimum absolute atomic E-state index is 0.0632. The van der Waals surface area contributed by atoms with Crippen molar-refractivity contribution in [3.8, 4) is 5.75 Å². The van der Waals surface area contributed by atoms with E-state index in [1.54, 1.807) is 51.1 Å². The molecule has 0 aromatic heterocycles. The molecule has 0 aliphatic heterocycles. The van der Waals surface area contributed by atoms with Gasteiger partial charge in [0.2, 0.25) is 0 Å². The Morgan fingerprint density at radius 1 is 0.442 bits per heavy atom. The molecule has 262 valence electrons. The Morgan fingerprint density at radius 2 is 0.827 bits per heavy atom. The van der Waals surface area contributed by atoms with Crippen molar-refractivity contribution >= 4 is 46.1 Å². The van der Waals surface area contributed by atoms with Crippen molar-refractivity contribution in [3.05, 3.63) is 174 Å². The molecule has 0 fully saturated rings. The summed E-state index contributed by atoms with van der Waals surface area (Å²) in [6, 6.07) is 51.6. The van der Waals surface area contributed by atoms with Crippen molar-refractivity contribution in [1.82, 2.24) is 0 Å². The lowest BCUT2D eigenvalue weighted by molar-refractivity contribution is 0.00694. The van der Waals surface area contributed by atoms with Gasteiger partial charge in [-0.05, 0) is 135 Å². The summed E-state index contributed by atoms with van der Waals surface area (Å²) in [5.41, 5.74) is 7.27. The first-order valence-electron chi connectivity index (χ1n) is 17.4. The van der Waals surface area contributed by atoms with Gasteiger partial charge in [0.25, 0.3) is 0 Å². The quantitative estimate of drug-likeness (QED) is 0.111. The van der Waals surface area contributed by atoms with Crippen molar-refractivity contribution < 1.29 is 19.1 Å². The number of benzene rings is 6. The zero-order valence-electron chi connectivity index (χ0n) is 30.5. The van der Waals surface area contributed by atoms with Gasteiger partial charge in [0, 0.05) is 34.1 Å².